The van der Waals surface area contributed by atoms with E-state index in [9.17, 15) is 9.18 Å². The van der Waals surface area contributed by atoms with Gasteiger partial charge in [-0.2, -0.15) is 0 Å². The topological polar surface area (TPSA) is 29.1 Å². The maximum absolute atomic E-state index is 12.8. The monoisotopic (exact) mass is 301 g/mol. The molecule has 0 heterocycles. The van der Waals surface area contributed by atoms with E-state index in [0.29, 0.717) is 11.8 Å². The molecule has 94 valence electrons. The van der Waals surface area contributed by atoms with Gasteiger partial charge in [0.15, 0.2) is 0 Å². The van der Waals surface area contributed by atoms with E-state index in [1.54, 1.807) is 12.1 Å². The fourth-order valence-electron chi connectivity index (χ4n) is 1.64. The van der Waals surface area contributed by atoms with Crippen molar-refractivity contribution in [3.63, 3.8) is 0 Å². The van der Waals surface area contributed by atoms with Crippen LogP contribution in [0.15, 0.2) is 24.3 Å². The van der Waals surface area contributed by atoms with Gasteiger partial charge in [-0.05, 0) is 23.6 Å². The van der Waals surface area contributed by atoms with Crippen molar-refractivity contribution >= 4 is 21.8 Å². The summed E-state index contributed by atoms with van der Waals surface area (Å²) in [6.45, 7) is 4.06. The van der Waals surface area contributed by atoms with Gasteiger partial charge in [0, 0.05) is 11.8 Å². The van der Waals surface area contributed by atoms with Crippen LogP contribution in [0.2, 0.25) is 0 Å². The minimum absolute atomic E-state index is 0.00454. The summed E-state index contributed by atoms with van der Waals surface area (Å²) in [5, 5.41) is 3.61. The van der Waals surface area contributed by atoms with Crippen LogP contribution in [0.3, 0.4) is 0 Å². The first-order chi connectivity index (χ1) is 8.04. The normalized spacial score (nSPS) is 12.5. The van der Waals surface area contributed by atoms with E-state index in [4.69, 9.17) is 0 Å². The highest BCUT2D eigenvalue weighted by atomic mass is 79.9. The number of carbonyl (C=O) groups excluding carboxylic acids is 1. The van der Waals surface area contributed by atoms with Gasteiger partial charge in [0.2, 0.25) is 5.91 Å². The van der Waals surface area contributed by atoms with Crippen molar-refractivity contribution < 1.29 is 9.18 Å². The molecule has 4 heteroatoms. The van der Waals surface area contributed by atoms with E-state index in [1.807, 2.05) is 13.8 Å². The van der Waals surface area contributed by atoms with Gasteiger partial charge in [0.1, 0.15) is 5.82 Å². The minimum Gasteiger partial charge on any atom is -0.349 e. The Balaban J connectivity index is 2.79. The van der Waals surface area contributed by atoms with Gasteiger partial charge in [0.25, 0.3) is 0 Å². The van der Waals surface area contributed by atoms with Crippen LogP contribution in [-0.2, 0) is 4.79 Å². The molecule has 1 aromatic rings. The van der Waals surface area contributed by atoms with Gasteiger partial charge >= 0.3 is 0 Å². The van der Waals surface area contributed by atoms with Crippen LogP contribution in [0.5, 0.6) is 0 Å². The standard InChI is InChI=1S/C13H17BrFNO/c1-9(2)13(16-12(17)7-8-14)10-3-5-11(15)6-4-10/h3-6,9,13H,7-8H2,1-2H3,(H,16,17). The molecule has 0 aliphatic carbocycles. The van der Waals surface area contributed by atoms with Crippen molar-refractivity contribution in [3.8, 4) is 0 Å². The number of nitrogens with one attached hydrogen (secondary N) is 1. The number of amides is 1. The molecule has 0 aromatic heterocycles. The smallest absolute Gasteiger partial charge is 0.221 e. The molecule has 1 aromatic carbocycles. The first kappa shape index (κ1) is 14.2. The second-order valence-corrected chi connectivity index (χ2v) is 5.07. The van der Waals surface area contributed by atoms with Gasteiger partial charge in [-0.3, -0.25) is 4.79 Å². The molecule has 0 saturated heterocycles. The highest BCUT2D eigenvalue weighted by Gasteiger charge is 2.17. The Labute approximate surface area is 110 Å². The molecule has 17 heavy (non-hydrogen) atoms. The van der Waals surface area contributed by atoms with E-state index in [-0.39, 0.29) is 23.7 Å². The lowest BCUT2D eigenvalue weighted by Crippen LogP contribution is -2.31. The number of halogens is 2. The van der Waals surface area contributed by atoms with Crippen molar-refractivity contribution in [1.29, 1.82) is 0 Å². The lowest BCUT2D eigenvalue weighted by Gasteiger charge is -2.22. The van der Waals surface area contributed by atoms with Crippen molar-refractivity contribution in [2.24, 2.45) is 5.92 Å². The Morgan fingerprint density at radius 1 is 1.35 bits per heavy atom. The maximum Gasteiger partial charge on any atom is 0.221 e. The van der Waals surface area contributed by atoms with Crippen LogP contribution in [0.1, 0.15) is 31.9 Å². The summed E-state index contributed by atoms with van der Waals surface area (Å²) in [7, 11) is 0. The van der Waals surface area contributed by atoms with Crippen LogP contribution in [0.25, 0.3) is 0 Å². The zero-order valence-corrected chi connectivity index (χ0v) is 11.6. The molecular formula is C13H17BrFNO. The molecule has 0 spiro atoms. The number of carbonyl (C=O) groups is 1. The van der Waals surface area contributed by atoms with E-state index in [1.165, 1.54) is 12.1 Å². The second-order valence-electron chi connectivity index (χ2n) is 4.28. The first-order valence-corrected chi connectivity index (χ1v) is 6.77. The second kappa shape index (κ2) is 6.74. The summed E-state index contributed by atoms with van der Waals surface area (Å²) in [5.41, 5.74) is 0.935. The Morgan fingerprint density at radius 2 is 1.94 bits per heavy atom. The highest BCUT2D eigenvalue weighted by Crippen LogP contribution is 2.22. The van der Waals surface area contributed by atoms with Gasteiger partial charge in [-0.25, -0.2) is 4.39 Å². The molecule has 1 rings (SSSR count). The summed E-state index contributed by atoms with van der Waals surface area (Å²) < 4.78 is 12.8. The fourth-order valence-corrected chi connectivity index (χ4v) is 2.00. The van der Waals surface area contributed by atoms with Crippen molar-refractivity contribution in [2.45, 2.75) is 26.3 Å². The van der Waals surface area contributed by atoms with Crippen LogP contribution in [-0.4, -0.2) is 11.2 Å². The average Bonchev–Trinajstić information content (AvgIpc) is 2.27. The predicted molar refractivity (Wildman–Crippen MR) is 70.5 cm³/mol. The number of rotatable bonds is 5. The SMILES string of the molecule is CC(C)C(NC(=O)CCBr)c1ccc(F)cc1. The third kappa shape index (κ3) is 4.46. The average molecular weight is 302 g/mol. The van der Waals surface area contributed by atoms with Gasteiger partial charge < -0.3 is 5.32 Å². The molecule has 0 bridgehead atoms. The van der Waals surface area contributed by atoms with Crippen LogP contribution < -0.4 is 5.32 Å². The third-order valence-electron chi connectivity index (χ3n) is 2.53. The van der Waals surface area contributed by atoms with E-state index < -0.39 is 0 Å². The van der Waals surface area contributed by atoms with E-state index in [2.05, 4.69) is 21.2 Å². The molecule has 0 radical (unpaired) electrons. The zero-order valence-electron chi connectivity index (χ0n) is 10.0. The minimum atomic E-state index is -0.261. The molecule has 0 saturated carbocycles. The van der Waals surface area contributed by atoms with Crippen LogP contribution in [0, 0.1) is 11.7 Å². The summed E-state index contributed by atoms with van der Waals surface area (Å²) >= 11 is 3.23. The Kier molecular flexibility index (Phi) is 5.62. The highest BCUT2D eigenvalue weighted by molar-refractivity contribution is 9.09. The number of hydrogen-bond donors (Lipinski definition) is 1. The van der Waals surface area contributed by atoms with E-state index >= 15 is 0 Å². The van der Waals surface area contributed by atoms with Gasteiger partial charge in [-0.15, -0.1) is 0 Å². The molecular weight excluding hydrogens is 285 g/mol. The molecule has 0 aliphatic heterocycles. The third-order valence-corrected chi connectivity index (χ3v) is 2.93. The lowest BCUT2D eigenvalue weighted by molar-refractivity contribution is -0.121. The van der Waals surface area contributed by atoms with E-state index in [0.717, 1.165) is 5.56 Å². The van der Waals surface area contributed by atoms with Crippen molar-refractivity contribution in [2.75, 3.05) is 5.33 Å². The largest absolute Gasteiger partial charge is 0.349 e. The Morgan fingerprint density at radius 3 is 2.41 bits per heavy atom. The summed E-state index contributed by atoms with van der Waals surface area (Å²) in [6, 6.07) is 6.20. The zero-order chi connectivity index (χ0) is 12.8. The van der Waals surface area contributed by atoms with Crippen molar-refractivity contribution in [1.82, 2.24) is 5.32 Å². The van der Waals surface area contributed by atoms with Gasteiger partial charge in [-0.1, -0.05) is 41.9 Å². The summed E-state index contributed by atoms with van der Waals surface area (Å²) in [4.78, 5) is 11.6. The molecule has 1 N–H and O–H groups in total. The Bertz CT molecular complexity index is 364. The van der Waals surface area contributed by atoms with Crippen LogP contribution in [0.4, 0.5) is 4.39 Å². The van der Waals surface area contributed by atoms with Crippen molar-refractivity contribution in [3.05, 3.63) is 35.6 Å². The quantitative estimate of drug-likeness (QED) is 0.830. The summed E-state index contributed by atoms with van der Waals surface area (Å²) in [5.74, 6) is 0.00711. The predicted octanol–water partition coefficient (Wildman–Crippen LogP) is 3.42. The summed E-state index contributed by atoms with van der Waals surface area (Å²) in [6.07, 6.45) is 0.449. The number of alkyl halides is 1. The molecule has 0 aliphatic rings. The first-order valence-electron chi connectivity index (χ1n) is 5.65. The molecule has 1 atom stereocenters. The Hall–Kier alpha value is -0.900. The molecule has 2 nitrogen and oxygen atoms in total. The maximum atomic E-state index is 12.8. The fraction of sp³-hybridized carbons (Fsp3) is 0.462. The lowest BCUT2D eigenvalue weighted by atomic mass is 9.96. The molecule has 0 fully saturated rings. The number of benzene rings is 1. The number of hydrogen-bond acceptors (Lipinski definition) is 1. The molecule has 1 amide bonds. The van der Waals surface area contributed by atoms with Gasteiger partial charge in [0.05, 0.1) is 6.04 Å². The van der Waals surface area contributed by atoms with Crippen LogP contribution >= 0.6 is 15.9 Å². The molecule has 1 unspecified atom stereocenters.